The molecule has 0 saturated carbocycles. The molecule has 0 aromatic heterocycles. The molecule has 0 aliphatic carbocycles. The van der Waals surface area contributed by atoms with E-state index in [0.717, 1.165) is 6.42 Å². The standard InChI is InChI=1S/C13H18O5/c1-5-9(2)17-18-13(14)11-8-10(15-3)6-7-12(11)16-4/h6-9H,5H2,1-4H3. The highest BCUT2D eigenvalue weighted by atomic mass is 17.2. The summed E-state index contributed by atoms with van der Waals surface area (Å²) in [5, 5.41) is 0. The molecule has 1 aromatic carbocycles. The number of hydrogen-bond donors (Lipinski definition) is 0. The first-order valence-corrected chi connectivity index (χ1v) is 5.72. The maximum Gasteiger partial charge on any atom is 0.376 e. The molecule has 0 saturated heterocycles. The Labute approximate surface area is 107 Å². The number of methoxy groups -OCH3 is 2. The summed E-state index contributed by atoms with van der Waals surface area (Å²) in [5.74, 6) is 0.353. The minimum absolute atomic E-state index is 0.148. The molecule has 0 aliphatic heterocycles. The van der Waals surface area contributed by atoms with E-state index in [4.69, 9.17) is 19.2 Å². The van der Waals surface area contributed by atoms with Gasteiger partial charge in [-0.25, -0.2) is 4.79 Å². The van der Waals surface area contributed by atoms with Gasteiger partial charge in [0, 0.05) is 0 Å². The second-order valence-corrected chi connectivity index (χ2v) is 3.75. The summed E-state index contributed by atoms with van der Waals surface area (Å²) in [7, 11) is 3.00. The van der Waals surface area contributed by atoms with Gasteiger partial charge in [-0.2, -0.15) is 4.89 Å². The Hall–Kier alpha value is -1.75. The van der Waals surface area contributed by atoms with Crippen molar-refractivity contribution in [1.82, 2.24) is 0 Å². The fraction of sp³-hybridized carbons (Fsp3) is 0.462. The van der Waals surface area contributed by atoms with E-state index in [1.165, 1.54) is 14.2 Å². The molecular weight excluding hydrogens is 236 g/mol. The Balaban J connectivity index is 2.82. The van der Waals surface area contributed by atoms with E-state index in [9.17, 15) is 4.79 Å². The number of benzene rings is 1. The SMILES string of the molecule is CCC(C)OOC(=O)c1cc(OC)ccc1OC. The second-order valence-electron chi connectivity index (χ2n) is 3.75. The smallest absolute Gasteiger partial charge is 0.376 e. The van der Waals surface area contributed by atoms with Gasteiger partial charge in [0.2, 0.25) is 0 Å². The maximum atomic E-state index is 11.8. The van der Waals surface area contributed by atoms with Gasteiger partial charge < -0.3 is 9.47 Å². The molecule has 0 bridgehead atoms. The molecule has 0 amide bonds. The van der Waals surface area contributed by atoms with E-state index in [2.05, 4.69) is 0 Å². The van der Waals surface area contributed by atoms with E-state index in [1.807, 2.05) is 13.8 Å². The van der Waals surface area contributed by atoms with E-state index < -0.39 is 5.97 Å². The highest BCUT2D eigenvalue weighted by Gasteiger charge is 2.17. The summed E-state index contributed by atoms with van der Waals surface area (Å²) < 4.78 is 10.1. The third-order valence-electron chi connectivity index (χ3n) is 2.49. The molecule has 1 unspecified atom stereocenters. The minimum atomic E-state index is -0.606. The Bertz CT molecular complexity index is 402. The predicted octanol–water partition coefficient (Wildman–Crippen LogP) is 2.59. The molecule has 0 N–H and O–H groups in total. The van der Waals surface area contributed by atoms with Gasteiger partial charge in [0.1, 0.15) is 23.2 Å². The average Bonchev–Trinajstić information content (AvgIpc) is 2.43. The van der Waals surface area contributed by atoms with Crippen molar-refractivity contribution in [2.24, 2.45) is 0 Å². The molecule has 100 valence electrons. The van der Waals surface area contributed by atoms with Crippen LogP contribution in [0.4, 0.5) is 0 Å². The van der Waals surface area contributed by atoms with Gasteiger partial charge >= 0.3 is 5.97 Å². The van der Waals surface area contributed by atoms with Crippen molar-refractivity contribution in [3.05, 3.63) is 23.8 Å². The highest BCUT2D eigenvalue weighted by Crippen LogP contribution is 2.24. The first-order chi connectivity index (χ1) is 8.62. The van der Waals surface area contributed by atoms with Crippen LogP contribution in [0.5, 0.6) is 11.5 Å². The normalized spacial score (nSPS) is 11.8. The van der Waals surface area contributed by atoms with E-state index in [1.54, 1.807) is 18.2 Å². The van der Waals surface area contributed by atoms with Crippen molar-refractivity contribution < 1.29 is 24.0 Å². The van der Waals surface area contributed by atoms with Crippen LogP contribution in [0, 0.1) is 0 Å². The van der Waals surface area contributed by atoms with E-state index in [0.29, 0.717) is 11.5 Å². The molecule has 0 aliphatic rings. The van der Waals surface area contributed by atoms with Gasteiger partial charge in [-0.3, -0.25) is 4.89 Å². The van der Waals surface area contributed by atoms with Crippen molar-refractivity contribution >= 4 is 5.97 Å². The predicted molar refractivity (Wildman–Crippen MR) is 65.8 cm³/mol. The van der Waals surface area contributed by atoms with Gasteiger partial charge in [-0.15, -0.1) is 0 Å². The number of carbonyl (C=O) groups is 1. The lowest BCUT2D eigenvalue weighted by Crippen LogP contribution is -2.13. The first kappa shape index (κ1) is 14.3. The van der Waals surface area contributed by atoms with Gasteiger partial charge in [0.05, 0.1) is 14.2 Å². The minimum Gasteiger partial charge on any atom is -0.497 e. The zero-order valence-corrected chi connectivity index (χ0v) is 11.1. The monoisotopic (exact) mass is 254 g/mol. The Kier molecular flexibility index (Phi) is 5.45. The largest absolute Gasteiger partial charge is 0.497 e. The van der Waals surface area contributed by atoms with Crippen LogP contribution in [-0.2, 0) is 9.78 Å². The molecule has 18 heavy (non-hydrogen) atoms. The summed E-state index contributed by atoms with van der Waals surface area (Å²) >= 11 is 0. The molecule has 0 heterocycles. The lowest BCUT2D eigenvalue weighted by atomic mass is 10.2. The molecule has 0 spiro atoms. The quantitative estimate of drug-likeness (QED) is 0.577. The van der Waals surface area contributed by atoms with Gasteiger partial charge in [-0.1, -0.05) is 6.92 Å². The van der Waals surface area contributed by atoms with Crippen molar-refractivity contribution in [3.8, 4) is 11.5 Å². The number of hydrogen-bond acceptors (Lipinski definition) is 5. The van der Waals surface area contributed by atoms with Gasteiger partial charge in [0.25, 0.3) is 0 Å². The summed E-state index contributed by atoms with van der Waals surface area (Å²) in [5.41, 5.74) is 0.264. The summed E-state index contributed by atoms with van der Waals surface area (Å²) in [6.45, 7) is 3.75. The van der Waals surface area contributed by atoms with Crippen LogP contribution in [0.2, 0.25) is 0 Å². The van der Waals surface area contributed by atoms with E-state index in [-0.39, 0.29) is 11.7 Å². The highest BCUT2D eigenvalue weighted by molar-refractivity contribution is 5.92. The first-order valence-electron chi connectivity index (χ1n) is 5.72. The van der Waals surface area contributed by atoms with Crippen molar-refractivity contribution in [1.29, 1.82) is 0 Å². The van der Waals surface area contributed by atoms with Crippen LogP contribution in [-0.4, -0.2) is 26.3 Å². The Morgan fingerprint density at radius 3 is 2.56 bits per heavy atom. The van der Waals surface area contributed by atoms with Gasteiger partial charge in [-0.05, 0) is 31.5 Å². The van der Waals surface area contributed by atoms with Crippen LogP contribution in [0.3, 0.4) is 0 Å². The fourth-order valence-corrected chi connectivity index (χ4v) is 1.21. The molecule has 5 nitrogen and oxygen atoms in total. The number of carbonyl (C=O) groups excluding carboxylic acids is 1. The van der Waals surface area contributed by atoms with Crippen LogP contribution < -0.4 is 9.47 Å². The van der Waals surface area contributed by atoms with Crippen molar-refractivity contribution in [3.63, 3.8) is 0 Å². The third kappa shape index (κ3) is 3.63. The number of rotatable bonds is 6. The van der Waals surface area contributed by atoms with Crippen LogP contribution in [0.1, 0.15) is 30.6 Å². The van der Waals surface area contributed by atoms with Crippen LogP contribution >= 0.6 is 0 Å². The topological polar surface area (TPSA) is 54.0 Å². The fourth-order valence-electron chi connectivity index (χ4n) is 1.21. The van der Waals surface area contributed by atoms with Crippen molar-refractivity contribution in [2.75, 3.05) is 14.2 Å². The third-order valence-corrected chi connectivity index (χ3v) is 2.49. The summed E-state index contributed by atoms with van der Waals surface area (Å²) in [4.78, 5) is 21.5. The van der Waals surface area contributed by atoms with Gasteiger partial charge in [0.15, 0.2) is 0 Å². The van der Waals surface area contributed by atoms with Crippen molar-refractivity contribution in [2.45, 2.75) is 26.4 Å². The lowest BCUT2D eigenvalue weighted by molar-refractivity contribution is -0.270. The van der Waals surface area contributed by atoms with E-state index >= 15 is 0 Å². The molecule has 0 radical (unpaired) electrons. The zero-order valence-electron chi connectivity index (χ0n) is 11.1. The average molecular weight is 254 g/mol. The summed E-state index contributed by atoms with van der Waals surface area (Å²) in [6.07, 6.45) is 0.605. The Morgan fingerprint density at radius 2 is 2.00 bits per heavy atom. The van der Waals surface area contributed by atoms with Crippen LogP contribution in [0.15, 0.2) is 18.2 Å². The molecule has 5 heteroatoms. The number of ether oxygens (including phenoxy) is 2. The molecular formula is C13H18O5. The maximum absolute atomic E-state index is 11.8. The molecule has 1 rings (SSSR count). The molecule has 1 atom stereocenters. The van der Waals surface area contributed by atoms with Crippen LogP contribution in [0.25, 0.3) is 0 Å². The zero-order chi connectivity index (χ0) is 13.5. The second kappa shape index (κ2) is 6.86. The Morgan fingerprint density at radius 1 is 1.28 bits per heavy atom. The molecule has 0 fully saturated rings. The molecule has 1 aromatic rings. The lowest BCUT2D eigenvalue weighted by Gasteiger charge is -2.11. The summed E-state index contributed by atoms with van der Waals surface area (Å²) in [6, 6.07) is 4.88.